The van der Waals surface area contributed by atoms with Gasteiger partial charge in [-0.05, 0) is 43.5 Å². The van der Waals surface area contributed by atoms with Gasteiger partial charge in [-0.3, -0.25) is 4.21 Å². The molecule has 1 aliphatic carbocycles. The summed E-state index contributed by atoms with van der Waals surface area (Å²) >= 11 is 0. The second kappa shape index (κ2) is 6.72. The number of hydrogen-bond donors (Lipinski definition) is 1. The highest BCUT2D eigenvalue weighted by atomic mass is 32.2. The van der Waals surface area contributed by atoms with Crippen LogP contribution in [0.4, 0.5) is 5.69 Å². The van der Waals surface area contributed by atoms with E-state index in [1.807, 2.05) is 31.2 Å². The van der Waals surface area contributed by atoms with Gasteiger partial charge in [0.2, 0.25) is 0 Å². The molecule has 0 bridgehead atoms. The molecule has 0 spiro atoms. The fourth-order valence-electron chi connectivity index (χ4n) is 2.63. The zero-order valence-electron chi connectivity index (χ0n) is 11.3. The maximum Gasteiger partial charge on any atom is 0.0991 e. The molecule has 0 amide bonds. The summed E-state index contributed by atoms with van der Waals surface area (Å²) in [6, 6.07) is 10.1. The van der Waals surface area contributed by atoms with Crippen molar-refractivity contribution < 1.29 is 4.21 Å². The first-order chi connectivity index (χ1) is 9.22. The predicted octanol–water partition coefficient (Wildman–Crippen LogP) is 3.05. The molecule has 3 atom stereocenters. The van der Waals surface area contributed by atoms with Gasteiger partial charge in [0.25, 0.3) is 0 Å². The van der Waals surface area contributed by atoms with E-state index in [0.29, 0.717) is 16.9 Å². The van der Waals surface area contributed by atoms with Crippen molar-refractivity contribution in [3.05, 3.63) is 29.8 Å². The van der Waals surface area contributed by atoms with Crippen molar-refractivity contribution in [3.8, 4) is 6.07 Å². The summed E-state index contributed by atoms with van der Waals surface area (Å²) in [5.74, 6) is 0.758. The zero-order valence-corrected chi connectivity index (χ0v) is 12.1. The molecule has 0 aromatic heterocycles. The Bertz CT molecular complexity index is 478. The maximum atomic E-state index is 11.9. The molecule has 0 saturated heterocycles. The van der Waals surface area contributed by atoms with Crippen LogP contribution in [0.2, 0.25) is 0 Å². The minimum atomic E-state index is -0.680. The Morgan fingerprint density at radius 3 is 2.74 bits per heavy atom. The number of benzene rings is 1. The molecule has 3 unspecified atom stereocenters. The van der Waals surface area contributed by atoms with E-state index in [-0.39, 0.29) is 0 Å². The molecule has 0 radical (unpaired) electrons. The van der Waals surface area contributed by atoms with Crippen LogP contribution in [0.3, 0.4) is 0 Å². The van der Waals surface area contributed by atoms with E-state index in [0.717, 1.165) is 37.1 Å². The Morgan fingerprint density at radius 1 is 1.37 bits per heavy atom. The molecule has 2 rings (SSSR count). The van der Waals surface area contributed by atoms with Crippen LogP contribution >= 0.6 is 0 Å². The van der Waals surface area contributed by atoms with Gasteiger partial charge in [-0.15, -0.1) is 0 Å². The summed E-state index contributed by atoms with van der Waals surface area (Å²) < 4.78 is 11.9. The smallest absolute Gasteiger partial charge is 0.0991 e. The van der Waals surface area contributed by atoms with E-state index in [2.05, 4.69) is 11.4 Å². The molecule has 1 aromatic carbocycles. The number of hydrogen-bond acceptors (Lipinski definition) is 3. The van der Waals surface area contributed by atoms with Crippen LogP contribution < -0.4 is 5.32 Å². The lowest BCUT2D eigenvalue weighted by atomic mass is 9.94. The first-order valence-corrected chi connectivity index (χ1v) is 8.25. The molecule has 1 N–H and O–H groups in total. The predicted molar refractivity (Wildman–Crippen MR) is 79.5 cm³/mol. The van der Waals surface area contributed by atoms with E-state index in [4.69, 9.17) is 5.26 Å². The summed E-state index contributed by atoms with van der Waals surface area (Å²) in [7, 11) is -0.680. The molecule has 1 aliphatic rings. The number of rotatable bonds is 4. The van der Waals surface area contributed by atoms with Gasteiger partial charge in [0.05, 0.1) is 11.6 Å². The third-order valence-corrected chi connectivity index (χ3v) is 5.41. The molecule has 1 fully saturated rings. The Kier molecular flexibility index (Phi) is 4.98. The van der Waals surface area contributed by atoms with E-state index in [9.17, 15) is 4.21 Å². The van der Waals surface area contributed by atoms with Gasteiger partial charge in [-0.25, -0.2) is 0 Å². The van der Waals surface area contributed by atoms with E-state index in [1.165, 1.54) is 0 Å². The topological polar surface area (TPSA) is 52.9 Å². The molecule has 3 nitrogen and oxygen atoms in total. The summed E-state index contributed by atoms with van der Waals surface area (Å²) in [5, 5.41) is 12.6. The first-order valence-electron chi connectivity index (χ1n) is 6.86. The average Bonchev–Trinajstić information content (AvgIpc) is 2.47. The van der Waals surface area contributed by atoms with E-state index in [1.54, 1.807) is 0 Å². The van der Waals surface area contributed by atoms with Crippen LogP contribution in [-0.4, -0.2) is 21.3 Å². The minimum Gasteiger partial charge on any atom is -0.382 e. The highest BCUT2D eigenvalue weighted by Gasteiger charge is 2.25. The van der Waals surface area contributed by atoms with Gasteiger partial charge in [-0.1, -0.05) is 13.3 Å². The fourth-order valence-corrected chi connectivity index (χ4v) is 3.98. The SMILES string of the molecule is CCS(=O)C1CCCC(Nc2ccc(C#N)cc2)C1. The van der Waals surface area contributed by atoms with Crippen molar-refractivity contribution >= 4 is 16.5 Å². The van der Waals surface area contributed by atoms with Crippen LogP contribution in [0.25, 0.3) is 0 Å². The van der Waals surface area contributed by atoms with Gasteiger partial charge < -0.3 is 5.32 Å². The molecule has 0 aliphatic heterocycles. The number of nitriles is 1. The lowest BCUT2D eigenvalue weighted by Gasteiger charge is -2.29. The number of anilines is 1. The molecule has 1 saturated carbocycles. The van der Waals surface area contributed by atoms with Crippen molar-refractivity contribution in [2.75, 3.05) is 11.1 Å². The van der Waals surface area contributed by atoms with Gasteiger partial charge in [0.1, 0.15) is 0 Å². The number of nitrogens with zero attached hydrogens (tertiary/aromatic N) is 1. The molecule has 4 heteroatoms. The Labute approximate surface area is 117 Å². The van der Waals surface area contributed by atoms with Crippen LogP contribution in [0.5, 0.6) is 0 Å². The van der Waals surface area contributed by atoms with Crippen molar-refractivity contribution in [1.82, 2.24) is 0 Å². The summed E-state index contributed by atoms with van der Waals surface area (Å²) in [6.45, 7) is 1.99. The third kappa shape index (κ3) is 3.81. The zero-order chi connectivity index (χ0) is 13.7. The summed E-state index contributed by atoms with van der Waals surface area (Å²) in [4.78, 5) is 0. The molecule has 102 valence electrons. The Balaban J connectivity index is 1.94. The lowest BCUT2D eigenvalue weighted by Crippen LogP contribution is -2.32. The first kappa shape index (κ1) is 14.1. The molecule has 0 heterocycles. The van der Waals surface area contributed by atoms with Crippen LogP contribution in [0.1, 0.15) is 38.2 Å². The summed E-state index contributed by atoms with van der Waals surface area (Å²) in [6.07, 6.45) is 4.36. The van der Waals surface area contributed by atoms with Gasteiger partial charge >= 0.3 is 0 Å². The van der Waals surface area contributed by atoms with Gasteiger partial charge in [0.15, 0.2) is 0 Å². The van der Waals surface area contributed by atoms with E-state index < -0.39 is 10.8 Å². The molecular weight excluding hydrogens is 256 g/mol. The third-order valence-electron chi connectivity index (χ3n) is 3.67. The van der Waals surface area contributed by atoms with Gasteiger partial charge in [0, 0.05) is 33.5 Å². The fraction of sp³-hybridized carbons (Fsp3) is 0.533. The second-order valence-electron chi connectivity index (χ2n) is 4.99. The average molecular weight is 276 g/mol. The quantitative estimate of drug-likeness (QED) is 0.919. The highest BCUT2D eigenvalue weighted by Crippen LogP contribution is 2.25. The normalized spacial score (nSPS) is 24.4. The molecule has 1 aromatic rings. The summed E-state index contributed by atoms with van der Waals surface area (Å²) in [5.41, 5.74) is 1.73. The van der Waals surface area contributed by atoms with Crippen molar-refractivity contribution in [2.45, 2.75) is 43.9 Å². The van der Waals surface area contributed by atoms with Crippen LogP contribution in [0, 0.1) is 11.3 Å². The lowest BCUT2D eigenvalue weighted by molar-refractivity contribution is 0.465. The standard InChI is InChI=1S/C15H20N2OS/c1-2-19(18)15-5-3-4-14(10-15)17-13-8-6-12(11-16)7-9-13/h6-9,14-15,17H,2-5,10H2,1H3. The van der Waals surface area contributed by atoms with E-state index >= 15 is 0 Å². The van der Waals surface area contributed by atoms with Crippen LogP contribution in [-0.2, 0) is 10.8 Å². The monoisotopic (exact) mass is 276 g/mol. The van der Waals surface area contributed by atoms with Crippen molar-refractivity contribution in [2.24, 2.45) is 0 Å². The molecule has 19 heavy (non-hydrogen) atoms. The Morgan fingerprint density at radius 2 is 2.11 bits per heavy atom. The number of nitrogens with one attached hydrogen (secondary N) is 1. The maximum absolute atomic E-state index is 11.9. The largest absolute Gasteiger partial charge is 0.382 e. The Hall–Kier alpha value is -1.34. The second-order valence-corrected chi connectivity index (χ2v) is 6.99. The highest BCUT2D eigenvalue weighted by molar-refractivity contribution is 7.85. The minimum absolute atomic E-state index is 0.342. The van der Waals surface area contributed by atoms with Crippen LogP contribution in [0.15, 0.2) is 24.3 Å². The van der Waals surface area contributed by atoms with Gasteiger partial charge in [-0.2, -0.15) is 5.26 Å². The van der Waals surface area contributed by atoms with Crippen molar-refractivity contribution in [3.63, 3.8) is 0 Å². The van der Waals surface area contributed by atoms with Crippen molar-refractivity contribution in [1.29, 1.82) is 5.26 Å². The molecular formula is C15H20N2OS.